The van der Waals surface area contributed by atoms with Gasteiger partial charge in [-0.05, 0) is 27.1 Å². The Labute approximate surface area is 140 Å². The lowest BCUT2D eigenvalue weighted by Crippen LogP contribution is -2.76. The Morgan fingerprint density at radius 1 is 1.08 bits per heavy atom. The maximum atomic E-state index is 10.9. The van der Waals surface area contributed by atoms with Crippen LogP contribution < -0.4 is 10.6 Å². The predicted octanol–water partition coefficient (Wildman–Crippen LogP) is -2.35. The Kier molecular flexibility index (Phi) is 4.89. The predicted molar refractivity (Wildman–Crippen MR) is 81.8 cm³/mol. The molecule has 9 nitrogen and oxygen atoms in total. The zero-order valence-corrected chi connectivity index (χ0v) is 14.2. The monoisotopic (exact) mass is 346 g/mol. The van der Waals surface area contributed by atoms with Crippen LogP contribution in [0, 0.1) is 0 Å². The first-order valence-corrected chi connectivity index (χ1v) is 8.05. The first kappa shape index (κ1) is 18.0. The van der Waals surface area contributed by atoms with Gasteiger partial charge in [-0.15, -0.1) is 0 Å². The molecule has 0 spiro atoms. The van der Waals surface area contributed by atoms with Crippen molar-refractivity contribution < 1.29 is 34.3 Å². The molecule has 9 heteroatoms. The smallest absolute Gasteiger partial charge is 0.278 e. The van der Waals surface area contributed by atoms with Gasteiger partial charge in [-0.3, -0.25) is 0 Å². The Balaban J connectivity index is 1.96. The average Bonchev–Trinajstić information content (AvgIpc) is 2.54. The van der Waals surface area contributed by atoms with E-state index in [9.17, 15) is 15.3 Å². The van der Waals surface area contributed by atoms with Gasteiger partial charge in [0.15, 0.2) is 5.76 Å². The molecule has 0 amide bonds. The van der Waals surface area contributed by atoms with E-state index in [-0.39, 0.29) is 11.9 Å². The molecule has 3 rings (SSSR count). The summed E-state index contributed by atoms with van der Waals surface area (Å²) in [6, 6.07) is -1.18. The van der Waals surface area contributed by atoms with E-state index in [0.29, 0.717) is 0 Å². The molecule has 3 aliphatic rings. The van der Waals surface area contributed by atoms with Crippen LogP contribution in [-0.4, -0.2) is 91.2 Å². The lowest BCUT2D eigenvalue weighted by atomic mass is 9.80. The van der Waals surface area contributed by atoms with E-state index >= 15 is 0 Å². The van der Waals surface area contributed by atoms with E-state index in [2.05, 4.69) is 10.6 Å². The average molecular weight is 346 g/mol. The molecule has 0 aromatic rings. The molecule has 1 aliphatic carbocycles. The third kappa shape index (κ3) is 2.56. The Bertz CT molecular complexity index is 504. The van der Waals surface area contributed by atoms with Crippen LogP contribution in [0.4, 0.5) is 0 Å². The summed E-state index contributed by atoms with van der Waals surface area (Å²) in [6.45, 7) is 1.78. The lowest BCUT2D eigenvalue weighted by Gasteiger charge is -2.55. The van der Waals surface area contributed by atoms with Crippen LogP contribution in [-0.2, 0) is 18.9 Å². The molecular formula is C15H26N2O7. The highest BCUT2D eigenvalue weighted by molar-refractivity contribution is 5.17. The molecule has 138 valence electrons. The van der Waals surface area contributed by atoms with E-state index in [1.807, 2.05) is 0 Å². The summed E-state index contributed by atoms with van der Waals surface area (Å²) in [4.78, 5) is 0. The second-order valence-electron chi connectivity index (χ2n) is 6.40. The first-order chi connectivity index (χ1) is 11.4. The summed E-state index contributed by atoms with van der Waals surface area (Å²) in [7, 11) is 4.74. The first-order valence-electron chi connectivity index (χ1n) is 8.05. The highest BCUT2D eigenvalue weighted by Gasteiger charge is 2.62. The number of aliphatic hydroxyl groups excluding tert-OH is 2. The van der Waals surface area contributed by atoms with E-state index in [1.54, 1.807) is 27.1 Å². The summed E-state index contributed by atoms with van der Waals surface area (Å²) >= 11 is 0. The third-order valence-corrected chi connectivity index (χ3v) is 5.00. The van der Waals surface area contributed by atoms with Crippen LogP contribution in [0.25, 0.3) is 0 Å². The van der Waals surface area contributed by atoms with Gasteiger partial charge in [-0.1, -0.05) is 0 Å². The van der Waals surface area contributed by atoms with Gasteiger partial charge in [0, 0.05) is 0 Å². The maximum Gasteiger partial charge on any atom is 0.278 e. The van der Waals surface area contributed by atoms with Crippen LogP contribution >= 0.6 is 0 Å². The van der Waals surface area contributed by atoms with Crippen molar-refractivity contribution in [2.75, 3.05) is 21.2 Å². The highest BCUT2D eigenvalue weighted by atomic mass is 16.8. The second kappa shape index (κ2) is 6.50. The van der Waals surface area contributed by atoms with Crippen molar-refractivity contribution in [2.45, 2.75) is 61.6 Å². The van der Waals surface area contributed by atoms with Crippen molar-refractivity contribution in [2.24, 2.45) is 0 Å². The molecule has 1 saturated heterocycles. The Hall–Kier alpha value is -0.780. The van der Waals surface area contributed by atoms with Gasteiger partial charge in [0.25, 0.3) is 5.79 Å². The highest BCUT2D eigenvalue weighted by Crippen LogP contribution is 2.42. The molecule has 9 unspecified atom stereocenters. The van der Waals surface area contributed by atoms with Crippen molar-refractivity contribution in [3.8, 4) is 0 Å². The molecular weight excluding hydrogens is 320 g/mol. The molecule has 2 fully saturated rings. The van der Waals surface area contributed by atoms with Crippen molar-refractivity contribution in [1.29, 1.82) is 0 Å². The van der Waals surface area contributed by atoms with E-state index < -0.39 is 48.6 Å². The van der Waals surface area contributed by atoms with Crippen LogP contribution in [0.2, 0.25) is 0 Å². The number of hydrogen-bond donors (Lipinski definition) is 5. The van der Waals surface area contributed by atoms with E-state index in [1.165, 1.54) is 7.11 Å². The Morgan fingerprint density at radius 3 is 2.33 bits per heavy atom. The molecule has 0 radical (unpaired) electrons. The standard InChI is InChI=1S/C15H26N2O7/c1-6-5-7(21-4)15(20)14(22-6)23-13-11(19)8(16-2)10(18)9(17-3)12(13)24-15/h5-6,8-14,16-20H,1-4H3. The number of fused-ring (bicyclic) bond motifs is 2. The van der Waals surface area contributed by atoms with Gasteiger partial charge in [-0.25, -0.2) is 0 Å². The number of ether oxygens (including phenoxy) is 4. The SMILES string of the molecule is CNC1C(O)C(NC)C2OC3(O)C(OC)=CC(C)OC3OC2C1O. The zero-order valence-electron chi connectivity index (χ0n) is 14.2. The minimum atomic E-state index is -1.94. The topological polar surface area (TPSA) is 122 Å². The fourth-order valence-corrected chi connectivity index (χ4v) is 3.78. The van der Waals surface area contributed by atoms with Gasteiger partial charge in [0.2, 0.25) is 6.29 Å². The molecule has 2 heterocycles. The minimum Gasteiger partial charge on any atom is -0.495 e. The number of hydrogen-bond acceptors (Lipinski definition) is 9. The van der Waals surface area contributed by atoms with Gasteiger partial charge < -0.3 is 44.9 Å². The van der Waals surface area contributed by atoms with Crippen molar-refractivity contribution in [3.05, 3.63) is 11.8 Å². The summed E-state index contributed by atoms with van der Waals surface area (Å²) in [5.41, 5.74) is 0. The van der Waals surface area contributed by atoms with E-state index in [4.69, 9.17) is 18.9 Å². The molecule has 0 bridgehead atoms. The quantitative estimate of drug-likeness (QED) is 0.382. The number of aliphatic hydroxyl groups is 3. The summed E-state index contributed by atoms with van der Waals surface area (Å²) in [5, 5.41) is 37.9. The van der Waals surface area contributed by atoms with Gasteiger partial charge >= 0.3 is 0 Å². The summed E-state index contributed by atoms with van der Waals surface area (Å²) in [6.07, 6.45) is -3.48. The third-order valence-electron chi connectivity index (χ3n) is 5.00. The van der Waals surface area contributed by atoms with Crippen molar-refractivity contribution in [3.63, 3.8) is 0 Å². The number of rotatable bonds is 3. The van der Waals surface area contributed by atoms with Gasteiger partial charge in [0.05, 0.1) is 31.4 Å². The summed E-state index contributed by atoms with van der Waals surface area (Å²) < 4.78 is 22.6. The second-order valence-corrected chi connectivity index (χ2v) is 6.40. The van der Waals surface area contributed by atoms with Crippen LogP contribution in [0.3, 0.4) is 0 Å². The fraction of sp³-hybridized carbons (Fsp3) is 0.867. The van der Waals surface area contributed by atoms with Gasteiger partial charge in [0.1, 0.15) is 18.3 Å². The molecule has 5 N–H and O–H groups in total. The molecule has 2 aliphatic heterocycles. The van der Waals surface area contributed by atoms with Crippen molar-refractivity contribution in [1.82, 2.24) is 10.6 Å². The lowest BCUT2D eigenvalue weighted by molar-refractivity contribution is -0.426. The normalized spacial score (nSPS) is 51.4. The fourth-order valence-electron chi connectivity index (χ4n) is 3.78. The maximum absolute atomic E-state index is 10.9. The van der Waals surface area contributed by atoms with Crippen LogP contribution in [0.15, 0.2) is 11.8 Å². The van der Waals surface area contributed by atoms with Crippen molar-refractivity contribution >= 4 is 0 Å². The number of nitrogens with one attached hydrogen (secondary N) is 2. The molecule has 24 heavy (non-hydrogen) atoms. The molecule has 1 saturated carbocycles. The zero-order chi connectivity index (χ0) is 17.6. The summed E-state index contributed by atoms with van der Waals surface area (Å²) in [5.74, 6) is -1.76. The molecule has 0 aromatic carbocycles. The van der Waals surface area contributed by atoms with Crippen LogP contribution in [0.5, 0.6) is 0 Å². The van der Waals surface area contributed by atoms with E-state index in [0.717, 1.165) is 0 Å². The van der Waals surface area contributed by atoms with Gasteiger partial charge in [-0.2, -0.15) is 0 Å². The molecule has 0 aromatic heterocycles. The number of methoxy groups -OCH3 is 1. The largest absolute Gasteiger partial charge is 0.495 e. The minimum absolute atomic E-state index is 0.180. The molecule has 9 atom stereocenters. The number of likely N-dealkylation sites (N-methyl/N-ethyl adjacent to an activating group) is 2. The Morgan fingerprint density at radius 2 is 1.75 bits per heavy atom. The van der Waals surface area contributed by atoms with Crippen LogP contribution in [0.1, 0.15) is 6.92 Å².